The van der Waals surface area contributed by atoms with E-state index in [2.05, 4.69) is 9.69 Å². The van der Waals surface area contributed by atoms with Crippen molar-refractivity contribution in [2.45, 2.75) is 18.5 Å². The zero-order chi connectivity index (χ0) is 13.7. The fourth-order valence-corrected chi connectivity index (χ4v) is 2.35. The molecular weight excluding hydrogens is 232 g/mol. The summed E-state index contributed by atoms with van der Waals surface area (Å²) in [5, 5.41) is 0. The number of hydrogen-bond acceptors (Lipinski definition) is 0. The van der Waals surface area contributed by atoms with Crippen molar-refractivity contribution in [2.24, 2.45) is 0 Å². The van der Waals surface area contributed by atoms with Gasteiger partial charge in [-0.05, 0) is 0 Å². The Morgan fingerprint density at radius 1 is 0.842 bits per heavy atom. The molecule has 0 spiro atoms. The molecule has 0 saturated carbocycles. The first-order valence-electron chi connectivity index (χ1n) is 6.12. The van der Waals surface area contributed by atoms with E-state index in [1.165, 1.54) is 0 Å². The molecule has 0 heterocycles. The van der Waals surface area contributed by atoms with Crippen LogP contribution in [0.1, 0.15) is 18.1 Å². The van der Waals surface area contributed by atoms with Crippen LogP contribution in [0.25, 0.3) is 9.69 Å². The van der Waals surface area contributed by atoms with Crippen LogP contribution in [0.5, 0.6) is 0 Å². The van der Waals surface area contributed by atoms with Gasteiger partial charge in [0.15, 0.2) is 0 Å². The lowest BCUT2D eigenvalue weighted by Gasteiger charge is -2.22. The first kappa shape index (κ1) is 12.9. The zero-order valence-electron chi connectivity index (χ0n) is 10.7. The fraction of sp³-hybridized carbons (Fsp3) is 0.176. The van der Waals surface area contributed by atoms with Crippen molar-refractivity contribution in [3.8, 4) is 0 Å². The highest BCUT2D eigenvalue weighted by Gasteiger charge is 2.51. The molecule has 0 aromatic heterocycles. The Morgan fingerprint density at radius 2 is 1.26 bits per heavy atom. The van der Waals surface area contributed by atoms with Crippen LogP contribution in [0.2, 0.25) is 0 Å². The Morgan fingerprint density at radius 3 is 1.58 bits per heavy atom. The van der Waals surface area contributed by atoms with E-state index in [4.69, 9.17) is 13.1 Å². The summed E-state index contributed by atoms with van der Waals surface area (Å²) in [5.41, 5.74) is 0.823. The van der Waals surface area contributed by atoms with E-state index in [1.54, 1.807) is 0 Å². The molecule has 0 aliphatic carbocycles. The molecule has 0 amide bonds. The topological polar surface area (TPSA) is 8.72 Å². The van der Waals surface area contributed by atoms with Gasteiger partial charge < -0.3 is 4.85 Å². The zero-order valence-corrected chi connectivity index (χ0v) is 10.7. The molecule has 2 heteroatoms. The largest absolute Gasteiger partial charge is 0.354 e. The summed E-state index contributed by atoms with van der Waals surface area (Å²) in [7, 11) is 0. The van der Waals surface area contributed by atoms with Crippen LogP contribution in [0, 0.1) is 13.1 Å². The summed E-state index contributed by atoms with van der Waals surface area (Å²) in [6.07, 6.45) is 0. The molecule has 0 aliphatic rings. The molecule has 2 aromatic carbocycles. The Kier molecular flexibility index (Phi) is 3.64. The number of nitrogens with zero attached hydrogens (tertiary/aromatic N) is 2. The van der Waals surface area contributed by atoms with Crippen molar-refractivity contribution in [1.82, 2.24) is 0 Å². The Balaban J connectivity index is 2.71. The highest BCUT2D eigenvalue weighted by molar-refractivity contribution is 5.45. The van der Waals surface area contributed by atoms with Crippen molar-refractivity contribution < 1.29 is 0 Å². The Hall–Kier alpha value is -2.58. The summed E-state index contributed by atoms with van der Waals surface area (Å²) in [6.45, 7) is 16.9. The predicted molar refractivity (Wildman–Crippen MR) is 76.3 cm³/mol. The lowest BCUT2D eigenvalue weighted by Crippen LogP contribution is -2.33. The van der Waals surface area contributed by atoms with Crippen LogP contribution in [0.3, 0.4) is 0 Å². The SMILES string of the molecule is [C-]#[N+]C(C)C([N+]#[C-])(c1ccccc1)c1ccccc1. The minimum Gasteiger partial charge on any atom is -0.304 e. The van der Waals surface area contributed by atoms with Gasteiger partial charge in [-0.25, -0.2) is 13.1 Å². The smallest absolute Gasteiger partial charge is 0.304 e. The highest BCUT2D eigenvalue weighted by atomic mass is 14.9. The summed E-state index contributed by atoms with van der Waals surface area (Å²) in [6, 6.07) is 18.7. The molecule has 0 aliphatic heterocycles. The molecular formula is C17H14N2. The minimum absolute atomic E-state index is 0.435. The van der Waals surface area contributed by atoms with Crippen LogP contribution in [-0.4, -0.2) is 6.04 Å². The minimum atomic E-state index is -0.926. The Labute approximate surface area is 114 Å². The van der Waals surface area contributed by atoms with Gasteiger partial charge in [-0.3, -0.25) is 4.85 Å². The van der Waals surface area contributed by atoms with Gasteiger partial charge in [-0.1, -0.05) is 60.7 Å². The predicted octanol–water partition coefficient (Wildman–Crippen LogP) is 4.16. The maximum Gasteiger partial charge on any atom is 0.354 e. The van der Waals surface area contributed by atoms with Gasteiger partial charge in [-0.15, -0.1) is 0 Å². The van der Waals surface area contributed by atoms with E-state index in [0.717, 1.165) is 11.1 Å². The monoisotopic (exact) mass is 246 g/mol. The molecule has 0 bridgehead atoms. The highest BCUT2D eigenvalue weighted by Crippen LogP contribution is 2.38. The third-order valence-corrected chi connectivity index (χ3v) is 3.40. The van der Waals surface area contributed by atoms with Crippen molar-refractivity contribution in [3.05, 3.63) is 94.6 Å². The second-order valence-electron chi connectivity index (χ2n) is 4.42. The second kappa shape index (κ2) is 5.38. The van der Waals surface area contributed by atoms with E-state index in [-0.39, 0.29) is 0 Å². The average molecular weight is 246 g/mol. The normalized spacial score (nSPS) is 12.2. The molecule has 0 radical (unpaired) electrons. The molecule has 2 aromatic rings. The van der Waals surface area contributed by atoms with Crippen LogP contribution in [0.15, 0.2) is 60.7 Å². The molecule has 1 atom stereocenters. The van der Waals surface area contributed by atoms with Gasteiger partial charge in [0.05, 0.1) is 0 Å². The average Bonchev–Trinajstić information content (AvgIpc) is 2.50. The molecule has 1 unspecified atom stereocenters. The van der Waals surface area contributed by atoms with E-state index in [9.17, 15) is 0 Å². The summed E-state index contributed by atoms with van der Waals surface area (Å²) < 4.78 is 0. The number of rotatable bonds is 3. The van der Waals surface area contributed by atoms with Crippen molar-refractivity contribution in [2.75, 3.05) is 0 Å². The maximum absolute atomic E-state index is 7.70. The first-order valence-corrected chi connectivity index (χ1v) is 6.12. The van der Waals surface area contributed by atoms with Gasteiger partial charge in [0, 0.05) is 18.1 Å². The Bertz CT molecular complexity index is 578. The quantitative estimate of drug-likeness (QED) is 0.719. The summed E-state index contributed by atoms with van der Waals surface area (Å²) in [4.78, 5) is 7.49. The number of benzene rings is 2. The molecule has 0 fully saturated rings. The molecule has 2 nitrogen and oxygen atoms in total. The van der Waals surface area contributed by atoms with Crippen LogP contribution in [0.4, 0.5) is 0 Å². The standard InChI is InChI=1S/C17H14N2/c1-14(18-2)17(19-3,15-10-6-4-7-11-15)16-12-8-5-9-13-16/h4-14H,1H3. The molecule has 2 rings (SSSR count). The third kappa shape index (κ3) is 2.09. The van der Waals surface area contributed by atoms with Crippen LogP contribution in [-0.2, 0) is 5.54 Å². The molecule has 19 heavy (non-hydrogen) atoms. The summed E-state index contributed by atoms with van der Waals surface area (Å²) in [5.74, 6) is 0. The van der Waals surface area contributed by atoms with Crippen LogP contribution >= 0.6 is 0 Å². The van der Waals surface area contributed by atoms with Crippen LogP contribution < -0.4 is 0 Å². The lowest BCUT2D eigenvalue weighted by atomic mass is 9.78. The van der Waals surface area contributed by atoms with E-state index >= 15 is 0 Å². The van der Waals surface area contributed by atoms with Crippen molar-refractivity contribution in [1.29, 1.82) is 0 Å². The van der Waals surface area contributed by atoms with E-state index in [1.807, 2.05) is 67.6 Å². The van der Waals surface area contributed by atoms with Gasteiger partial charge in [0.25, 0.3) is 0 Å². The van der Waals surface area contributed by atoms with E-state index in [0.29, 0.717) is 0 Å². The molecule has 0 N–H and O–H groups in total. The second-order valence-corrected chi connectivity index (χ2v) is 4.42. The maximum atomic E-state index is 7.70. The third-order valence-electron chi connectivity index (χ3n) is 3.40. The van der Waals surface area contributed by atoms with Crippen molar-refractivity contribution in [3.63, 3.8) is 0 Å². The molecule has 92 valence electrons. The van der Waals surface area contributed by atoms with E-state index < -0.39 is 11.6 Å². The fourth-order valence-electron chi connectivity index (χ4n) is 2.35. The number of hydrogen-bond donors (Lipinski definition) is 0. The van der Waals surface area contributed by atoms with Gasteiger partial charge >= 0.3 is 11.6 Å². The molecule has 0 saturated heterocycles. The van der Waals surface area contributed by atoms with Crippen molar-refractivity contribution >= 4 is 0 Å². The summed E-state index contributed by atoms with van der Waals surface area (Å²) >= 11 is 0. The van der Waals surface area contributed by atoms with Gasteiger partial charge in [-0.2, -0.15) is 0 Å². The van der Waals surface area contributed by atoms with Gasteiger partial charge in [0.2, 0.25) is 0 Å². The first-order chi connectivity index (χ1) is 9.25. The lowest BCUT2D eigenvalue weighted by molar-refractivity contribution is 0.575. The van der Waals surface area contributed by atoms with Gasteiger partial charge in [0.1, 0.15) is 0 Å².